The fourth-order valence-electron chi connectivity index (χ4n) is 2.65. The Balaban J connectivity index is 2.18. The molecular formula is C15H19NO5. The molecule has 1 aliphatic rings. The number of hydrogen-bond donors (Lipinski definition) is 0. The Labute approximate surface area is 123 Å². The molecule has 114 valence electrons. The van der Waals surface area contributed by atoms with Crippen LogP contribution in [-0.4, -0.2) is 24.9 Å². The lowest BCUT2D eigenvalue weighted by Gasteiger charge is -2.22. The molecule has 0 heterocycles. The van der Waals surface area contributed by atoms with Gasteiger partial charge in [0.1, 0.15) is 0 Å². The van der Waals surface area contributed by atoms with Crippen molar-refractivity contribution in [2.75, 3.05) is 13.7 Å². The van der Waals surface area contributed by atoms with Gasteiger partial charge < -0.3 is 9.47 Å². The summed E-state index contributed by atoms with van der Waals surface area (Å²) < 4.78 is 10.9. The molecule has 0 aromatic heterocycles. The van der Waals surface area contributed by atoms with E-state index in [0.29, 0.717) is 30.3 Å². The molecule has 1 aliphatic carbocycles. The highest BCUT2D eigenvalue weighted by molar-refractivity contribution is 5.83. The van der Waals surface area contributed by atoms with E-state index in [0.717, 1.165) is 12.8 Å². The molecule has 0 saturated heterocycles. The summed E-state index contributed by atoms with van der Waals surface area (Å²) in [4.78, 5) is 21.3. The Morgan fingerprint density at radius 3 is 2.57 bits per heavy atom. The van der Waals surface area contributed by atoms with Crippen molar-refractivity contribution >= 4 is 12.0 Å². The third-order valence-electron chi connectivity index (χ3n) is 3.84. The van der Waals surface area contributed by atoms with Crippen LogP contribution < -0.4 is 9.47 Å². The average Bonchev–Trinajstić information content (AvgIpc) is 2.52. The van der Waals surface area contributed by atoms with Gasteiger partial charge in [-0.1, -0.05) is 19.3 Å². The van der Waals surface area contributed by atoms with Crippen LogP contribution in [0.15, 0.2) is 12.1 Å². The minimum absolute atomic E-state index is 0.0122. The van der Waals surface area contributed by atoms with E-state index < -0.39 is 4.92 Å². The topological polar surface area (TPSA) is 78.7 Å². The number of aldehydes is 1. The summed E-state index contributed by atoms with van der Waals surface area (Å²) in [6, 6.07) is 2.62. The molecule has 0 unspecified atom stereocenters. The van der Waals surface area contributed by atoms with Crippen LogP contribution in [0.4, 0.5) is 5.69 Å². The minimum Gasteiger partial charge on any atom is -0.493 e. The summed E-state index contributed by atoms with van der Waals surface area (Å²) in [5, 5.41) is 11.0. The van der Waals surface area contributed by atoms with E-state index in [1.54, 1.807) is 0 Å². The van der Waals surface area contributed by atoms with Gasteiger partial charge in [-0.05, 0) is 18.8 Å². The zero-order chi connectivity index (χ0) is 15.2. The molecule has 21 heavy (non-hydrogen) atoms. The minimum atomic E-state index is -0.587. The van der Waals surface area contributed by atoms with Crippen molar-refractivity contribution in [3.63, 3.8) is 0 Å². The first-order valence-electron chi connectivity index (χ1n) is 7.10. The number of carbonyl (C=O) groups excluding carboxylic acids is 1. The van der Waals surface area contributed by atoms with Crippen LogP contribution in [0.2, 0.25) is 0 Å². The van der Waals surface area contributed by atoms with Crippen LogP contribution in [-0.2, 0) is 0 Å². The second-order valence-electron chi connectivity index (χ2n) is 5.25. The SMILES string of the molecule is COc1cc(C=O)c([N+](=O)[O-])cc1OCC1CCCCC1. The Morgan fingerprint density at radius 1 is 1.29 bits per heavy atom. The standard InChI is InChI=1S/C15H19NO5/c1-20-14-7-12(9-17)13(16(18)19)8-15(14)21-10-11-5-3-2-4-6-11/h7-9,11H,2-6,10H2,1H3. The highest BCUT2D eigenvalue weighted by Gasteiger charge is 2.21. The van der Waals surface area contributed by atoms with Crippen LogP contribution in [0.1, 0.15) is 42.5 Å². The van der Waals surface area contributed by atoms with Crippen LogP contribution in [0.5, 0.6) is 11.5 Å². The zero-order valence-electron chi connectivity index (χ0n) is 12.0. The quantitative estimate of drug-likeness (QED) is 0.456. The summed E-state index contributed by atoms with van der Waals surface area (Å²) in [6.45, 7) is 0.522. The molecule has 0 aliphatic heterocycles. The number of rotatable bonds is 6. The Morgan fingerprint density at radius 2 is 2.00 bits per heavy atom. The lowest BCUT2D eigenvalue weighted by atomic mass is 9.90. The van der Waals surface area contributed by atoms with Crippen molar-refractivity contribution in [1.29, 1.82) is 0 Å². The molecule has 0 radical (unpaired) electrons. The van der Waals surface area contributed by atoms with Crippen LogP contribution in [0.25, 0.3) is 0 Å². The summed E-state index contributed by atoms with van der Waals surface area (Å²) in [7, 11) is 1.45. The largest absolute Gasteiger partial charge is 0.493 e. The number of ether oxygens (including phenoxy) is 2. The predicted molar refractivity (Wildman–Crippen MR) is 77.1 cm³/mol. The van der Waals surface area contributed by atoms with Crippen molar-refractivity contribution in [3.8, 4) is 11.5 Å². The smallest absolute Gasteiger partial charge is 0.283 e. The molecule has 0 bridgehead atoms. The molecule has 1 aromatic carbocycles. The summed E-state index contributed by atoms with van der Waals surface area (Å²) in [6.07, 6.45) is 6.36. The van der Waals surface area contributed by atoms with E-state index in [9.17, 15) is 14.9 Å². The first kappa shape index (κ1) is 15.3. The van der Waals surface area contributed by atoms with Crippen molar-refractivity contribution in [1.82, 2.24) is 0 Å². The molecule has 0 spiro atoms. The van der Waals surface area contributed by atoms with Gasteiger partial charge in [0.2, 0.25) is 0 Å². The van der Waals surface area contributed by atoms with E-state index in [4.69, 9.17) is 9.47 Å². The van der Waals surface area contributed by atoms with Gasteiger partial charge >= 0.3 is 0 Å². The summed E-state index contributed by atoms with van der Waals surface area (Å²) in [5.41, 5.74) is -0.272. The van der Waals surface area contributed by atoms with Crippen molar-refractivity contribution < 1.29 is 19.2 Å². The van der Waals surface area contributed by atoms with Gasteiger partial charge in [0.15, 0.2) is 17.8 Å². The normalized spacial score (nSPS) is 15.5. The third kappa shape index (κ3) is 3.71. The Hall–Kier alpha value is -2.11. The Kier molecular flexibility index (Phi) is 5.14. The Bertz CT molecular complexity index is 523. The van der Waals surface area contributed by atoms with Gasteiger partial charge in [0, 0.05) is 6.07 Å². The molecule has 0 N–H and O–H groups in total. The molecule has 1 fully saturated rings. The number of nitro benzene ring substituents is 1. The number of carbonyl (C=O) groups is 1. The molecule has 0 amide bonds. The molecule has 1 saturated carbocycles. The van der Waals surface area contributed by atoms with Gasteiger partial charge in [0.05, 0.1) is 30.3 Å². The lowest BCUT2D eigenvalue weighted by Crippen LogP contribution is -2.15. The van der Waals surface area contributed by atoms with Gasteiger partial charge in [-0.2, -0.15) is 0 Å². The number of hydrogen-bond acceptors (Lipinski definition) is 5. The van der Waals surface area contributed by atoms with E-state index in [1.165, 1.54) is 38.5 Å². The summed E-state index contributed by atoms with van der Waals surface area (Å²) in [5.74, 6) is 1.15. The van der Waals surface area contributed by atoms with Crippen molar-refractivity contribution in [3.05, 3.63) is 27.8 Å². The molecule has 0 atom stereocenters. The first-order chi connectivity index (χ1) is 10.2. The van der Waals surface area contributed by atoms with Crippen LogP contribution >= 0.6 is 0 Å². The maximum absolute atomic E-state index is 11.0. The average molecular weight is 293 g/mol. The fourth-order valence-corrected chi connectivity index (χ4v) is 2.65. The van der Waals surface area contributed by atoms with Crippen LogP contribution in [0.3, 0.4) is 0 Å². The number of nitrogens with zero attached hydrogens (tertiary/aromatic N) is 1. The summed E-state index contributed by atoms with van der Waals surface area (Å²) >= 11 is 0. The van der Waals surface area contributed by atoms with Crippen molar-refractivity contribution in [2.45, 2.75) is 32.1 Å². The van der Waals surface area contributed by atoms with E-state index in [1.807, 2.05) is 0 Å². The lowest BCUT2D eigenvalue weighted by molar-refractivity contribution is -0.385. The number of nitro groups is 1. The number of methoxy groups -OCH3 is 1. The van der Waals surface area contributed by atoms with Gasteiger partial charge in [-0.15, -0.1) is 0 Å². The first-order valence-corrected chi connectivity index (χ1v) is 7.10. The molecule has 6 heteroatoms. The maximum atomic E-state index is 11.0. The molecule has 2 rings (SSSR count). The van der Waals surface area contributed by atoms with Crippen molar-refractivity contribution in [2.24, 2.45) is 5.92 Å². The van der Waals surface area contributed by atoms with Gasteiger partial charge in [-0.3, -0.25) is 14.9 Å². The molecular weight excluding hydrogens is 274 g/mol. The highest BCUT2D eigenvalue weighted by Crippen LogP contribution is 2.35. The van der Waals surface area contributed by atoms with Gasteiger partial charge in [-0.25, -0.2) is 0 Å². The fraction of sp³-hybridized carbons (Fsp3) is 0.533. The molecule has 6 nitrogen and oxygen atoms in total. The van der Waals surface area contributed by atoms with Gasteiger partial charge in [0.25, 0.3) is 5.69 Å². The second kappa shape index (κ2) is 7.06. The zero-order valence-corrected chi connectivity index (χ0v) is 12.0. The maximum Gasteiger partial charge on any atom is 0.283 e. The monoisotopic (exact) mass is 293 g/mol. The highest BCUT2D eigenvalue weighted by atomic mass is 16.6. The van der Waals surface area contributed by atoms with E-state index in [-0.39, 0.29) is 11.3 Å². The van der Waals surface area contributed by atoms with E-state index >= 15 is 0 Å². The van der Waals surface area contributed by atoms with Crippen LogP contribution in [0, 0.1) is 16.0 Å². The third-order valence-corrected chi connectivity index (χ3v) is 3.84. The van der Waals surface area contributed by atoms with E-state index in [2.05, 4.69) is 0 Å². The molecule has 1 aromatic rings. The number of benzene rings is 1. The second-order valence-corrected chi connectivity index (χ2v) is 5.25. The predicted octanol–water partition coefficient (Wildman–Crippen LogP) is 3.38.